The maximum atomic E-state index is 11.3. The van der Waals surface area contributed by atoms with Crippen molar-refractivity contribution in [3.8, 4) is 0 Å². The van der Waals surface area contributed by atoms with E-state index in [-0.39, 0.29) is 0 Å². The second kappa shape index (κ2) is 5.88. The molecule has 1 aromatic heterocycles. The summed E-state index contributed by atoms with van der Waals surface area (Å²) in [6.07, 6.45) is 0. The average Bonchev–Trinajstić information content (AvgIpc) is 2.73. The van der Waals surface area contributed by atoms with Crippen LogP contribution in [0.5, 0.6) is 0 Å². The molecular formula is C10H9ClN2OS3. The zero-order chi connectivity index (χ0) is 12.3. The molecule has 90 valence electrons. The molecule has 0 aliphatic carbocycles. The molecule has 0 aliphatic rings. The van der Waals surface area contributed by atoms with Gasteiger partial charge in [0.15, 0.2) is 0 Å². The van der Waals surface area contributed by atoms with Crippen molar-refractivity contribution in [2.45, 2.75) is 9.10 Å². The Bertz CT molecular complexity index is 544. The highest BCUT2D eigenvalue weighted by Gasteiger charge is 2.06. The molecule has 1 unspecified atom stereocenters. The monoisotopic (exact) mass is 304 g/mol. The van der Waals surface area contributed by atoms with Gasteiger partial charge in [0, 0.05) is 0 Å². The Balaban J connectivity index is 2.11. The summed E-state index contributed by atoms with van der Waals surface area (Å²) in [6, 6.07) is 11.0. The van der Waals surface area contributed by atoms with Gasteiger partial charge in [-0.15, -0.1) is 11.3 Å². The molecule has 7 heteroatoms. The quantitative estimate of drug-likeness (QED) is 0.850. The van der Waals surface area contributed by atoms with Crippen molar-refractivity contribution in [3.63, 3.8) is 0 Å². The number of anilines is 1. The van der Waals surface area contributed by atoms with E-state index in [1.165, 1.54) is 23.3 Å². The number of thiophene rings is 1. The van der Waals surface area contributed by atoms with Crippen molar-refractivity contribution in [1.82, 2.24) is 0 Å². The fourth-order valence-electron chi connectivity index (χ4n) is 1.18. The van der Waals surface area contributed by atoms with Crippen LogP contribution in [-0.4, -0.2) is 4.21 Å². The van der Waals surface area contributed by atoms with Gasteiger partial charge >= 0.3 is 0 Å². The first-order valence-corrected chi connectivity index (χ1v) is 7.82. The molecule has 0 saturated heterocycles. The van der Waals surface area contributed by atoms with Crippen molar-refractivity contribution in [1.29, 1.82) is 0 Å². The van der Waals surface area contributed by atoms with E-state index in [0.29, 0.717) is 4.90 Å². The summed E-state index contributed by atoms with van der Waals surface area (Å²) in [5.41, 5.74) is 0.753. The second-order valence-electron chi connectivity index (χ2n) is 3.06. The van der Waals surface area contributed by atoms with Gasteiger partial charge in [0.25, 0.3) is 0 Å². The summed E-state index contributed by atoms with van der Waals surface area (Å²) in [6.45, 7) is 0. The molecule has 1 heterocycles. The molecule has 1 atom stereocenters. The molecule has 2 aromatic rings. The van der Waals surface area contributed by atoms with Gasteiger partial charge in [0.1, 0.15) is 11.0 Å². The number of halogens is 1. The van der Waals surface area contributed by atoms with E-state index in [9.17, 15) is 4.21 Å². The maximum Gasteiger partial charge on any atom is 0.124 e. The lowest BCUT2D eigenvalue weighted by Crippen LogP contribution is -2.05. The number of nitrogens with one attached hydrogen (secondary N) is 1. The summed E-state index contributed by atoms with van der Waals surface area (Å²) >= 11 is 8.73. The van der Waals surface area contributed by atoms with Crippen LogP contribution in [0.25, 0.3) is 0 Å². The van der Waals surface area contributed by atoms with Crippen molar-refractivity contribution in [3.05, 3.63) is 40.7 Å². The molecule has 17 heavy (non-hydrogen) atoms. The van der Waals surface area contributed by atoms with Gasteiger partial charge in [0.05, 0.1) is 19.1 Å². The highest BCUT2D eigenvalue weighted by atomic mass is 35.5. The van der Waals surface area contributed by atoms with Crippen molar-refractivity contribution in [2.24, 2.45) is 5.14 Å². The predicted molar refractivity (Wildman–Crippen MR) is 75.8 cm³/mol. The Morgan fingerprint density at radius 3 is 2.71 bits per heavy atom. The van der Waals surface area contributed by atoms with Gasteiger partial charge in [-0.1, -0.05) is 23.7 Å². The molecule has 0 bridgehead atoms. The van der Waals surface area contributed by atoms with Crippen molar-refractivity contribution in [2.75, 3.05) is 4.72 Å². The Morgan fingerprint density at radius 1 is 1.29 bits per heavy atom. The van der Waals surface area contributed by atoms with Gasteiger partial charge in [-0.05, 0) is 36.2 Å². The molecule has 2 rings (SSSR count). The largest absolute Gasteiger partial charge is 0.324 e. The van der Waals surface area contributed by atoms with E-state index >= 15 is 0 Å². The summed E-state index contributed by atoms with van der Waals surface area (Å²) in [5, 5.41) is 5.39. The summed E-state index contributed by atoms with van der Waals surface area (Å²) in [4.78, 5) is 0.586. The Morgan fingerprint density at radius 2 is 2.06 bits per heavy atom. The fraction of sp³-hybridized carbons (Fsp3) is 0. The first-order valence-electron chi connectivity index (χ1n) is 4.60. The Labute approximate surface area is 115 Å². The number of hydrogen-bond donors (Lipinski definition) is 2. The van der Waals surface area contributed by atoms with Crippen LogP contribution in [0.4, 0.5) is 5.69 Å². The SMILES string of the molecule is NS(=O)c1ccccc1NSc1ccc(Cl)s1. The molecule has 1 aromatic carbocycles. The van der Waals surface area contributed by atoms with Crippen LogP contribution in [0.3, 0.4) is 0 Å². The topological polar surface area (TPSA) is 55.1 Å². The molecule has 0 radical (unpaired) electrons. The lowest BCUT2D eigenvalue weighted by molar-refractivity contribution is 0.684. The molecule has 0 amide bonds. The normalized spacial score (nSPS) is 12.4. The number of benzene rings is 1. The molecular weight excluding hydrogens is 296 g/mol. The minimum Gasteiger partial charge on any atom is -0.324 e. The van der Waals surface area contributed by atoms with Crippen LogP contribution >= 0.6 is 34.9 Å². The van der Waals surface area contributed by atoms with Gasteiger partial charge in [0.2, 0.25) is 0 Å². The zero-order valence-corrected chi connectivity index (χ0v) is 11.8. The third kappa shape index (κ3) is 3.46. The molecule has 0 spiro atoms. The minimum atomic E-state index is -1.49. The molecule has 3 N–H and O–H groups in total. The first kappa shape index (κ1) is 12.9. The van der Waals surface area contributed by atoms with E-state index in [4.69, 9.17) is 16.7 Å². The second-order valence-corrected chi connectivity index (χ2v) is 6.91. The van der Waals surface area contributed by atoms with Crippen molar-refractivity contribution >= 4 is 51.6 Å². The van der Waals surface area contributed by atoms with E-state index in [1.807, 2.05) is 24.3 Å². The van der Waals surface area contributed by atoms with Crippen LogP contribution in [0, 0.1) is 0 Å². The standard InChI is InChI=1S/C10H9ClN2OS3/c11-9-5-6-10(15-9)16-13-7-3-1-2-4-8(7)17(12)14/h1-6,13H,12H2. The van der Waals surface area contributed by atoms with Crippen LogP contribution in [0.15, 0.2) is 45.5 Å². The summed E-state index contributed by atoms with van der Waals surface area (Å²) in [5.74, 6) is 0. The number of para-hydroxylation sites is 1. The first-order chi connectivity index (χ1) is 8.16. The highest BCUT2D eigenvalue weighted by Crippen LogP contribution is 2.32. The van der Waals surface area contributed by atoms with Gasteiger partial charge < -0.3 is 4.72 Å². The van der Waals surface area contributed by atoms with E-state index in [2.05, 4.69) is 4.72 Å². The molecule has 0 saturated carbocycles. The van der Waals surface area contributed by atoms with E-state index in [0.717, 1.165) is 14.2 Å². The average molecular weight is 305 g/mol. The number of nitrogens with two attached hydrogens (primary N) is 1. The van der Waals surface area contributed by atoms with Gasteiger partial charge in [-0.25, -0.2) is 9.35 Å². The van der Waals surface area contributed by atoms with E-state index < -0.39 is 11.0 Å². The Hall–Kier alpha value is -0.530. The third-order valence-electron chi connectivity index (χ3n) is 1.91. The van der Waals surface area contributed by atoms with Gasteiger partial charge in [-0.3, -0.25) is 0 Å². The third-order valence-corrected chi connectivity index (χ3v) is 4.89. The van der Waals surface area contributed by atoms with Crippen LogP contribution in [-0.2, 0) is 11.0 Å². The Kier molecular flexibility index (Phi) is 4.47. The van der Waals surface area contributed by atoms with Gasteiger partial charge in [-0.2, -0.15) is 0 Å². The molecule has 3 nitrogen and oxygen atoms in total. The fourth-order valence-corrected chi connectivity index (χ4v) is 3.80. The lowest BCUT2D eigenvalue weighted by atomic mass is 10.3. The summed E-state index contributed by atoms with van der Waals surface area (Å²) in [7, 11) is -1.49. The number of hydrogen-bond acceptors (Lipinski definition) is 4. The molecule has 0 fully saturated rings. The maximum absolute atomic E-state index is 11.3. The minimum absolute atomic E-state index is 0.586. The summed E-state index contributed by atoms with van der Waals surface area (Å²) < 4.78 is 16.2. The van der Waals surface area contributed by atoms with Crippen LogP contribution in [0.1, 0.15) is 0 Å². The predicted octanol–water partition coefficient (Wildman–Crippen LogP) is 3.50. The zero-order valence-electron chi connectivity index (χ0n) is 8.55. The van der Waals surface area contributed by atoms with E-state index in [1.54, 1.807) is 12.1 Å². The van der Waals surface area contributed by atoms with Crippen LogP contribution < -0.4 is 9.86 Å². The smallest absolute Gasteiger partial charge is 0.124 e. The highest BCUT2D eigenvalue weighted by molar-refractivity contribution is 8.02. The lowest BCUT2D eigenvalue weighted by Gasteiger charge is -2.07. The number of rotatable bonds is 4. The van der Waals surface area contributed by atoms with Crippen molar-refractivity contribution < 1.29 is 4.21 Å². The molecule has 0 aliphatic heterocycles. The van der Waals surface area contributed by atoms with Crippen LogP contribution in [0.2, 0.25) is 4.34 Å².